The highest BCUT2D eigenvalue weighted by atomic mass is 19.4. The van der Waals surface area contributed by atoms with Gasteiger partial charge in [-0.25, -0.2) is 0 Å². The van der Waals surface area contributed by atoms with Crippen LogP contribution in [0.4, 0.5) is 22.0 Å². The predicted octanol–water partition coefficient (Wildman–Crippen LogP) is 7.94. The first-order valence-corrected chi connectivity index (χ1v) is 15.4. The second kappa shape index (κ2) is 9.60. The molecule has 0 unspecified atom stereocenters. The summed E-state index contributed by atoms with van der Waals surface area (Å²) < 4.78 is 84.7. The van der Waals surface area contributed by atoms with Crippen LogP contribution in [0.1, 0.15) is 96.1 Å². The first-order valence-electron chi connectivity index (χ1n) is 15.4. The molecule has 4 fully saturated rings. The van der Waals surface area contributed by atoms with E-state index in [1.165, 1.54) is 6.92 Å². The van der Waals surface area contributed by atoms with E-state index in [0.717, 1.165) is 27.8 Å². The fourth-order valence-corrected chi connectivity index (χ4v) is 9.33. The number of fused-ring (bicyclic) bond motifs is 4. The van der Waals surface area contributed by atoms with Crippen molar-refractivity contribution in [1.82, 2.24) is 0 Å². The molecular formula is C34H43F5O4. The Kier molecular flexibility index (Phi) is 6.96. The number of aliphatic hydroxyl groups is 2. The lowest BCUT2D eigenvalue weighted by molar-refractivity contribution is -0.362. The summed E-state index contributed by atoms with van der Waals surface area (Å²) in [7, 11) is 0. The summed E-state index contributed by atoms with van der Waals surface area (Å²) >= 11 is 0. The third kappa shape index (κ3) is 4.50. The average molecular weight is 611 g/mol. The summed E-state index contributed by atoms with van der Waals surface area (Å²) in [5, 5.41) is 23.8. The van der Waals surface area contributed by atoms with Crippen LogP contribution in [0.5, 0.6) is 0 Å². The summed E-state index contributed by atoms with van der Waals surface area (Å²) in [5.74, 6) is -7.66. The van der Waals surface area contributed by atoms with Crippen molar-refractivity contribution in [2.45, 2.75) is 114 Å². The van der Waals surface area contributed by atoms with Gasteiger partial charge in [-0.05, 0) is 74.0 Å². The van der Waals surface area contributed by atoms with Crippen LogP contribution in [0.3, 0.4) is 0 Å². The van der Waals surface area contributed by atoms with Crippen LogP contribution in [-0.4, -0.2) is 52.5 Å². The van der Waals surface area contributed by atoms with Crippen molar-refractivity contribution in [3.63, 3.8) is 0 Å². The molecule has 0 aromatic heterocycles. The van der Waals surface area contributed by atoms with Crippen molar-refractivity contribution in [3.8, 4) is 0 Å². The van der Waals surface area contributed by atoms with Gasteiger partial charge in [-0.3, -0.25) is 0 Å². The van der Waals surface area contributed by atoms with Gasteiger partial charge >= 0.3 is 12.1 Å². The van der Waals surface area contributed by atoms with Crippen molar-refractivity contribution >= 4 is 5.57 Å². The van der Waals surface area contributed by atoms with Gasteiger partial charge in [0.15, 0.2) is 5.79 Å². The van der Waals surface area contributed by atoms with E-state index in [-0.39, 0.29) is 30.6 Å². The van der Waals surface area contributed by atoms with Crippen LogP contribution in [0.25, 0.3) is 5.57 Å². The molecule has 1 aromatic rings. The summed E-state index contributed by atoms with van der Waals surface area (Å²) in [6.45, 7) is 12.4. The highest BCUT2D eigenvalue weighted by Crippen LogP contribution is 2.71. The molecule has 0 radical (unpaired) electrons. The van der Waals surface area contributed by atoms with Gasteiger partial charge in [-0.1, -0.05) is 62.8 Å². The van der Waals surface area contributed by atoms with Crippen LogP contribution in [-0.2, 0) is 9.47 Å². The van der Waals surface area contributed by atoms with Gasteiger partial charge in [0.25, 0.3) is 0 Å². The van der Waals surface area contributed by atoms with E-state index in [0.29, 0.717) is 38.9 Å². The molecule has 2 N–H and O–H groups in total. The van der Waals surface area contributed by atoms with E-state index >= 15 is 8.78 Å². The Morgan fingerprint density at radius 1 is 0.977 bits per heavy atom. The zero-order chi connectivity index (χ0) is 31.4. The average Bonchev–Trinajstić information content (AvgIpc) is 3.20. The van der Waals surface area contributed by atoms with Crippen LogP contribution in [0.2, 0.25) is 0 Å². The Hall–Kier alpha value is -1.81. The Labute approximate surface area is 250 Å². The quantitative estimate of drug-likeness (QED) is 0.270. The van der Waals surface area contributed by atoms with Gasteiger partial charge < -0.3 is 19.7 Å². The van der Waals surface area contributed by atoms with Crippen LogP contribution < -0.4 is 0 Å². The Balaban J connectivity index is 1.48. The van der Waals surface area contributed by atoms with E-state index < -0.39 is 52.8 Å². The molecule has 43 heavy (non-hydrogen) atoms. The van der Waals surface area contributed by atoms with Gasteiger partial charge in [0.2, 0.25) is 0 Å². The number of hydrogen-bond donors (Lipinski definition) is 2. The first kappa shape index (κ1) is 31.2. The summed E-state index contributed by atoms with van der Waals surface area (Å²) in [6, 6.07) is 7.52. The van der Waals surface area contributed by atoms with Crippen LogP contribution in [0, 0.1) is 22.7 Å². The second-order valence-electron chi connectivity index (χ2n) is 15.1. The summed E-state index contributed by atoms with van der Waals surface area (Å²) in [4.78, 5) is 0. The maximum absolute atomic E-state index is 15.3. The zero-order valence-corrected chi connectivity index (χ0v) is 25.4. The lowest BCUT2D eigenvalue weighted by Crippen LogP contribution is -2.65. The molecule has 1 saturated heterocycles. The third-order valence-corrected chi connectivity index (χ3v) is 11.7. The van der Waals surface area contributed by atoms with Crippen LogP contribution >= 0.6 is 0 Å². The molecular weight excluding hydrogens is 567 g/mol. The van der Waals surface area contributed by atoms with Crippen molar-refractivity contribution in [2.75, 3.05) is 13.2 Å². The number of ether oxygens (including phenoxy) is 2. The van der Waals surface area contributed by atoms with Crippen molar-refractivity contribution in [1.29, 1.82) is 0 Å². The molecule has 5 aliphatic rings. The van der Waals surface area contributed by atoms with E-state index in [1.807, 2.05) is 31.2 Å². The highest BCUT2D eigenvalue weighted by Gasteiger charge is 2.79. The highest BCUT2D eigenvalue weighted by molar-refractivity contribution is 5.62. The standard InChI is InChI=1S/C34H43F5O4/c1-20(2)21-7-6-8-22(15-21)24-16-29(5)25(11-14-32(29,41)33(35,36)34(37,38)39)23-9-12-30(40)17-31(13-10-26(30)27(23)24)42-18-28(3,4)19-43-31/h6-8,15,23-25,40-41H,1,9-14,16-19H2,2-5H3/t23-,24+,25-,29-,30+,32-/m0/s1. The fraction of sp³-hybridized carbons (Fsp3) is 0.706. The molecule has 0 amide bonds. The Morgan fingerprint density at radius 3 is 2.28 bits per heavy atom. The summed E-state index contributed by atoms with van der Waals surface area (Å²) in [6.07, 6.45) is -4.55. The number of rotatable bonds is 3. The molecule has 0 bridgehead atoms. The smallest absolute Gasteiger partial charge is 0.385 e. The normalized spacial score (nSPS) is 38.8. The topological polar surface area (TPSA) is 58.9 Å². The van der Waals surface area contributed by atoms with E-state index in [9.17, 15) is 23.4 Å². The minimum absolute atomic E-state index is 0.0579. The van der Waals surface area contributed by atoms with Crippen molar-refractivity contribution in [2.24, 2.45) is 22.7 Å². The molecule has 4 aliphatic carbocycles. The minimum Gasteiger partial charge on any atom is -0.385 e. The molecule has 1 aliphatic heterocycles. The molecule has 1 heterocycles. The lowest BCUT2D eigenvalue weighted by atomic mass is 9.49. The molecule has 3 saturated carbocycles. The number of alkyl halides is 5. The number of benzene rings is 1. The van der Waals surface area contributed by atoms with Gasteiger partial charge in [0, 0.05) is 29.6 Å². The predicted molar refractivity (Wildman–Crippen MR) is 152 cm³/mol. The van der Waals surface area contributed by atoms with Gasteiger partial charge in [-0.15, -0.1) is 0 Å². The number of halogens is 5. The second-order valence-corrected chi connectivity index (χ2v) is 15.1. The van der Waals surface area contributed by atoms with Crippen molar-refractivity contribution < 1.29 is 41.6 Å². The van der Waals surface area contributed by atoms with Gasteiger partial charge in [0.1, 0.15) is 5.60 Å². The maximum atomic E-state index is 15.3. The van der Waals surface area contributed by atoms with Gasteiger partial charge in [-0.2, -0.15) is 22.0 Å². The molecule has 6 atom stereocenters. The first-order chi connectivity index (χ1) is 19.8. The Morgan fingerprint density at radius 2 is 1.65 bits per heavy atom. The van der Waals surface area contributed by atoms with Crippen LogP contribution in [0.15, 0.2) is 42.0 Å². The SMILES string of the molecule is C=C(C)c1cccc([C@H]2C[C@@]3(C)[C@@H](CC[C@@]3(O)C(F)(F)C(F)(F)F)[C@@H]3CC[C@@]4(O)CC5(CCC4=C32)OCC(C)(C)CO5)c1. The number of hydrogen-bond acceptors (Lipinski definition) is 4. The van der Waals surface area contributed by atoms with E-state index in [2.05, 4.69) is 20.4 Å². The minimum atomic E-state index is -5.88. The van der Waals surface area contributed by atoms with Gasteiger partial charge in [0.05, 0.1) is 18.8 Å². The largest absolute Gasteiger partial charge is 0.456 e. The maximum Gasteiger partial charge on any atom is 0.456 e. The van der Waals surface area contributed by atoms with E-state index in [4.69, 9.17) is 9.47 Å². The third-order valence-electron chi connectivity index (χ3n) is 11.7. The molecule has 238 valence electrons. The van der Waals surface area contributed by atoms with Crippen molar-refractivity contribution in [3.05, 3.63) is 53.1 Å². The monoisotopic (exact) mass is 610 g/mol. The molecule has 1 aromatic carbocycles. The molecule has 4 nitrogen and oxygen atoms in total. The fourth-order valence-electron chi connectivity index (χ4n) is 9.33. The lowest BCUT2D eigenvalue weighted by Gasteiger charge is -2.59. The summed E-state index contributed by atoms with van der Waals surface area (Å²) in [5.41, 5.74) is -2.14. The molecule has 9 heteroatoms. The molecule has 1 spiro atoms. The number of allylic oxidation sites excluding steroid dienone is 2. The molecule has 6 rings (SSSR count). The van der Waals surface area contributed by atoms with E-state index in [1.54, 1.807) is 0 Å². The zero-order valence-electron chi connectivity index (χ0n) is 25.4. The Bertz CT molecular complexity index is 1340.